The fourth-order valence-corrected chi connectivity index (χ4v) is 1.94. The molecule has 0 saturated carbocycles. The van der Waals surface area contributed by atoms with E-state index in [0.717, 1.165) is 16.5 Å². The lowest BCUT2D eigenvalue weighted by Crippen LogP contribution is -1.95. The molecule has 3 heteroatoms. The maximum absolute atomic E-state index is 10.8. The number of fused-ring (bicyclic) bond motifs is 1. The average molecular weight is 243 g/mol. The van der Waals surface area contributed by atoms with Gasteiger partial charge in [0.25, 0.3) is 0 Å². The lowest BCUT2D eigenvalue weighted by Gasteiger charge is -2.04. The van der Waals surface area contributed by atoms with Crippen molar-refractivity contribution in [2.75, 3.05) is 0 Å². The molecule has 0 radical (unpaired) electrons. The van der Waals surface area contributed by atoms with Gasteiger partial charge in [-0.25, -0.2) is 4.79 Å². The molecule has 18 heavy (non-hydrogen) atoms. The molecule has 0 saturated heterocycles. The van der Waals surface area contributed by atoms with Crippen LogP contribution in [-0.4, -0.2) is 16.1 Å². The van der Waals surface area contributed by atoms with Crippen molar-refractivity contribution < 1.29 is 9.90 Å². The molecule has 2 aromatic rings. The van der Waals surface area contributed by atoms with Crippen molar-refractivity contribution >= 4 is 22.9 Å². The van der Waals surface area contributed by atoms with E-state index >= 15 is 0 Å². The van der Waals surface area contributed by atoms with E-state index in [0.29, 0.717) is 11.5 Å². The molecule has 3 nitrogen and oxygen atoms in total. The largest absolute Gasteiger partial charge is 0.478 e. The molecule has 0 atom stereocenters. The topological polar surface area (TPSA) is 53.1 Å². The number of carboxylic acids is 1. The second-order valence-corrected chi connectivity index (χ2v) is 4.84. The average Bonchev–Trinajstić information content (AvgIpc) is 2.71. The van der Waals surface area contributed by atoms with Gasteiger partial charge in [-0.15, -0.1) is 0 Å². The van der Waals surface area contributed by atoms with Gasteiger partial charge in [0.2, 0.25) is 0 Å². The minimum absolute atomic E-state index is 0.337. The van der Waals surface area contributed by atoms with Crippen LogP contribution < -0.4 is 0 Å². The zero-order chi connectivity index (χ0) is 13.3. The number of H-pyrrole nitrogens is 1. The Morgan fingerprint density at radius 2 is 2.11 bits per heavy atom. The fourth-order valence-electron chi connectivity index (χ4n) is 1.94. The van der Waals surface area contributed by atoms with Gasteiger partial charge < -0.3 is 10.1 Å². The molecule has 0 fully saturated rings. The molecule has 0 bridgehead atoms. The number of aromatic nitrogens is 1. The van der Waals surface area contributed by atoms with Gasteiger partial charge in [0.05, 0.1) is 0 Å². The number of rotatable bonds is 3. The Morgan fingerprint density at radius 1 is 1.39 bits per heavy atom. The van der Waals surface area contributed by atoms with Gasteiger partial charge in [-0.1, -0.05) is 26.0 Å². The lowest BCUT2D eigenvalue weighted by atomic mass is 10.0. The molecule has 1 aromatic carbocycles. The normalized spacial score (nSPS) is 12.3. The van der Waals surface area contributed by atoms with E-state index in [1.54, 1.807) is 13.0 Å². The summed E-state index contributed by atoms with van der Waals surface area (Å²) in [5.74, 6) is -0.402. The van der Waals surface area contributed by atoms with Crippen LogP contribution in [-0.2, 0) is 4.79 Å². The smallest absolute Gasteiger partial charge is 0.331 e. The Hall–Kier alpha value is -2.03. The molecule has 2 rings (SSSR count). The van der Waals surface area contributed by atoms with Crippen LogP contribution in [0.5, 0.6) is 0 Å². The molecule has 94 valence electrons. The molecule has 0 amide bonds. The zero-order valence-corrected chi connectivity index (χ0v) is 10.8. The Bertz CT molecular complexity index is 620. The lowest BCUT2D eigenvalue weighted by molar-refractivity contribution is -0.132. The van der Waals surface area contributed by atoms with Crippen molar-refractivity contribution in [2.24, 2.45) is 0 Å². The molecule has 0 aliphatic carbocycles. The summed E-state index contributed by atoms with van der Waals surface area (Å²) in [6, 6.07) is 6.25. The van der Waals surface area contributed by atoms with Crippen molar-refractivity contribution in [2.45, 2.75) is 26.7 Å². The number of nitrogens with one attached hydrogen (secondary N) is 1. The van der Waals surface area contributed by atoms with E-state index in [1.165, 1.54) is 5.56 Å². The predicted molar refractivity (Wildman–Crippen MR) is 73.7 cm³/mol. The molecular formula is C15H17NO2. The van der Waals surface area contributed by atoms with Gasteiger partial charge in [0.1, 0.15) is 0 Å². The highest BCUT2D eigenvalue weighted by Gasteiger charge is 2.07. The minimum atomic E-state index is -0.886. The molecule has 0 unspecified atom stereocenters. The standard InChI is InChI=1S/C15H17NO2/c1-9(2)11-4-5-13-12(6-10(3)15(17)18)8-16-14(13)7-11/h4-9,16H,1-3H3,(H,17,18)/b10-6+. The van der Waals surface area contributed by atoms with E-state index in [9.17, 15) is 4.79 Å². The third-order valence-electron chi connectivity index (χ3n) is 3.11. The zero-order valence-electron chi connectivity index (χ0n) is 10.8. The monoisotopic (exact) mass is 243 g/mol. The summed E-state index contributed by atoms with van der Waals surface area (Å²) < 4.78 is 0. The van der Waals surface area contributed by atoms with Gasteiger partial charge in [0, 0.05) is 28.2 Å². The third-order valence-corrected chi connectivity index (χ3v) is 3.11. The summed E-state index contributed by atoms with van der Waals surface area (Å²) in [4.78, 5) is 14.0. The molecule has 1 heterocycles. The van der Waals surface area contributed by atoms with Crippen LogP contribution in [0, 0.1) is 0 Å². The summed E-state index contributed by atoms with van der Waals surface area (Å²) >= 11 is 0. The molecule has 2 N–H and O–H groups in total. The van der Waals surface area contributed by atoms with E-state index in [2.05, 4.69) is 31.0 Å². The van der Waals surface area contributed by atoms with Gasteiger partial charge >= 0.3 is 5.97 Å². The van der Waals surface area contributed by atoms with Crippen LogP contribution in [0.2, 0.25) is 0 Å². The van der Waals surface area contributed by atoms with Gasteiger partial charge in [-0.2, -0.15) is 0 Å². The number of hydrogen-bond donors (Lipinski definition) is 2. The third kappa shape index (κ3) is 2.30. The van der Waals surface area contributed by atoms with Crippen molar-refractivity contribution in [1.29, 1.82) is 0 Å². The van der Waals surface area contributed by atoms with E-state index < -0.39 is 5.97 Å². The Balaban J connectivity index is 2.50. The number of carboxylic acid groups (broad SMARTS) is 1. The molecular weight excluding hydrogens is 226 g/mol. The first-order valence-corrected chi connectivity index (χ1v) is 6.01. The number of carbonyl (C=O) groups is 1. The predicted octanol–water partition coefficient (Wildman–Crippen LogP) is 3.78. The number of hydrogen-bond acceptors (Lipinski definition) is 1. The highest BCUT2D eigenvalue weighted by Crippen LogP contribution is 2.24. The van der Waals surface area contributed by atoms with Crippen LogP contribution in [0.3, 0.4) is 0 Å². The van der Waals surface area contributed by atoms with E-state index in [1.807, 2.05) is 12.3 Å². The van der Waals surface area contributed by atoms with Crippen LogP contribution in [0.1, 0.15) is 37.8 Å². The highest BCUT2D eigenvalue weighted by molar-refractivity contribution is 5.96. The molecule has 1 aromatic heterocycles. The van der Waals surface area contributed by atoms with Crippen molar-refractivity contribution in [3.8, 4) is 0 Å². The summed E-state index contributed by atoms with van der Waals surface area (Å²) in [5.41, 5.74) is 3.57. The maximum Gasteiger partial charge on any atom is 0.331 e. The van der Waals surface area contributed by atoms with Crippen molar-refractivity contribution in [3.63, 3.8) is 0 Å². The van der Waals surface area contributed by atoms with Gasteiger partial charge in [0.15, 0.2) is 0 Å². The molecule has 0 spiro atoms. The summed E-state index contributed by atoms with van der Waals surface area (Å²) in [5, 5.41) is 9.95. The number of aromatic amines is 1. The maximum atomic E-state index is 10.8. The quantitative estimate of drug-likeness (QED) is 0.806. The fraction of sp³-hybridized carbons (Fsp3) is 0.267. The number of benzene rings is 1. The SMILES string of the molecule is C/C(=C\c1c[nH]c2cc(C(C)C)ccc12)C(=O)O. The van der Waals surface area contributed by atoms with Crippen LogP contribution in [0.15, 0.2) is 30.0 Å². The summed E-state index contributed by atoms with van der Waals surface area (Å²) in [7, 11) is 0. The van der Waals surface area contributed by atoms with Crippen molar-refractivity contribution in [3.05, 3.63) is 41.1 Å². The first kappa shape index (κ1) is 12.4. The second-order valence-electron chi connectivity index (χ2n) is 4.84. The molecule has 0 aliphatic rings. The highest BCUT2D eigenvalue weighted by atomic mass is 16.4. The van der Waals surface area contributed by atoms with Gasteiger partial charge in [-0.05, 0) is 30.5 Å². The molecule has 0 aliphatic heterocycles. The summed E-state index contributed by atoms with van der Waals surface area (Å²) in [6.45, 7) is 5.91. The Kier molecular flexibility index (Phi) is 3.24. The van der Waals surface area contributed by atoms with E-state index in [-0.39, 0.29) is 0 Å². The van der Waals surface area contributed by atoms with Crippen LogP contribution in [0.4, 0.5) is 0 Å². The first-order chi connectivity index (χ1) is 8.49. The number of aliphatic carboxylic acids is 1. The Morgan fingerprint density at radius 3 is 2.72 bits per heavy atom. The summed E-state index contributed by atoms with van der Waals surface area (Å²) in [6.07, 6.45) is 3.54. The van der Waals surface area contributed by atoms with Gasteiger partial charge in [-0.3, -0.25) is 0 Å². The van der Waals surface area contributed by atoms with E-state index in [4.69, 9.17) is 5.11 Å². The van der Waals surface area contributed by atoms with Crippen LogP contribution >= 0.6 is 0 Å². The first-order valence-electron chi connectivity index (χ1n) is 6.01. The van der Waals surface area contributed by atoms with Crippen LogP contribution in [0.25, 0.3) is 17.0 Å². The minimum Gasteiger partial charge on any atom is -0.478 e. The second kappa shape index (κ2) is 4.69. The van der Waals surface area contributed by atoms with Crippen molar-refractivity contribution in [1.82, 2.24) is 4.98 Å². The Labute approximate surface area is 106 Å².